The summed E-state index contributed by atoms with van der Waals surface area (Å²) < 4.78 is 59.0. The minimum atomic E-state index is -4.59. The van der Waals surface area contributed by atoms with Crippen molar-refractivity contribution < 1.29 is 31.8 Å². The lowest BCUT2D eigenvalue weighted by molar-refractivity contribution is -0.253. The number of carbonyl (C=O) groups is 1. The number of ether oxygens (including phenoxy) is 2. The standard InChI is InChI=1S/C12H11F4NO3.ClH/c13-10(14)12(15,16)20-9-4-2-1-3-7(9)8-5-6-19-11(18)17-8;/h1-4,8,10H,5-6H2,(H,17,18);1H/t8-;/m0./s1. The van der Waals surface area contributed by atoms with Crippen molar-refractivity contribution in [2.24, 2.45) is 0 Å². The fraction of sp³-hybridized carbons (Fsp3) is 0.417. The van der Waals surface area contributed by atoms with Crippen molar-refractivity contribution in [3.05, 3.63) is 29.8 Å². The Hall–Kier alpha value is -1.70. The highest BCUT2D eigenvalue weighted by atomic mass is 35.5. The summed E-state index contributed by atoms with van der Waals surface area (Å²) in [6, 6.07) is 4.85. The topological polar surface area (TPSA) is 47.6 Å². The highest BCUT2D eigenvalue weighted by Crippen LogP contribution is 2.34. The van der Waals surface area contributed by atoms with Gasteiger partial charge in [0.2, 0.25) is 0 Å². The lowest BCUT2D eigenvalue weighted by atomic mass is 10.0. The molecule has 1 aromatic rings. The van der Waals surface area contributed by atoms with E-state index in [1.54, 1.807) is 0 Å². The monoisotopic (exact) mass is 329 g/mol. The van der Waals surface area contributed by atoms with Gasteiger partial charge in [-0.2, -0.15) is 17.6 Å². The van der Waals surface area contributed by atoms with Crippen LogP contribution in [0.25, 0.3) is 0 Å². The third-order valence-corrected chi connectivity index (χ3v) is 2.73. The first-order valence-electron chi connectivity index (χ1n) is 5.77. The Morgan fingerprint density at radius 1 is 1.33 bits per heavy atom. The summed E-state index contributed by atoms with van der Waals surface area (Å²) in [6.45, 7) is 0.107. The van der Waals surface area contributed by atoms with Gasteiger partial charge in [-0.3, -0.25) is 0 Å². The molecule has 4 nitrogen and oxygen atoms in total. The number of hydrogen-bond donors (Lipinski definition) is 1. The normalized spacial score (nSPS) is 18.5. The Balaban J connectivity index is 0.00000220. The van der Waals surface area contributed by atoms with E-state index >= 15 is 0 Å². The minimum absolute atomic E-state index is 0. The van der Waals surface area contributed by atoms with Gasteiger partial charge in [0.05, 0.1) is 12.6 Å². The highest BCUT2D eigenvalue weighted by molar-refractivity contribution is 5.85. The number of para-hydroxylation sites is 1. The van der Waals surface area contributed by atoms with Crippen molar-refractivity contribution in [1.29, 1.82) is 0 Å². The third kappa shape index (κ3) is 4.13. The van der Waals surface area contributed by atoms with Crippen LogP contribution in [0.2, 0.25) is 0 Å². The van der Waals surface area contributed by atoms with Crippen LogP contribution in [0.1, 0.15) is 18.0 Å². The molecule has 1 aliphatic rings. The number of nitrogens with one attached hydrogen (secondary N) is 1. The van der Waals surface area contributed by atoms with E-state index in [9.17, 15) is 22.4 Å². The minimum Gasteiger partial charge on any atom is -0.449 e. The third-order valence-electron chi connectivity index (χ3n) is 2.73. The fourth-order valence-electron chi connectivity index (χ4n) is 1.81. The highest BCUT2D eigenvalue weighted by Gasteiger charge is 2.44. The van der Waals surface area contributed by atoms with Gasteiger partial charge in [0, 0.05) is 12.0 Å². The predicted molar refractivity (Wildman–Crippen MR) is 67.1 cm³/mol. The molecule has 1 N–H and O–H groups in total. The Kier molecular flexibility index (Phi) is 5.65. The Morgan fingerprint density at radius 3 is 2.62 bits per heavy atom. The first kappa shape index (κ1) is 17.4. The number of alkyl halides is 4. The summed E-state index contributed by atoms with van der Waals surface area (Å²) in [7, 11) is 0. The first-order chi connectivity index (χ1) is 9.40. The van der Waals surface area contributed by atoms with Crippen molar-refractivity contribution in [3.8, 4) is 5.75 Å². The average Bonchev–Trinajstić information content (AvgIpc) is 2.38. The summed E-state index contributed by atoms with van der Waals surface area (Å²) in [4.78, 5) is 11.1. The zero-order valence-corrected chi connectivity index (χ0v) is 11.3. The zero-order valence-electron chi connectivity index (χ0n) is 10.5. The SMILES string of the molecule is Cl.O=C1N[C@H](c2ccccc2OC(F)(F)C(F)F)CCO1. The summed E-state index contributed by atoms with van der Waals surface area (Å²) in [6.07, 6.45) is -8.91. The maximum atomic E-state index is 13.0. The molecule has 1 aliphatic heterocycles. The quantitative estimate of drug-likeness (QED) is 0.860. The summed E-state index contributed by atoms with van der Waals surface area (Å²) >= 11 is 0. The summed E-state index contributed by atoms with van der Waals surface area (Å²) in [5.41, 5.74) is 0.199. The second kappa shape index (κ2) is 6.84. The van der Waals surface area contributed by atoms with E-state index in [-0.39, 0.29) is 24.6 Å². The Labute approximate surface area is 123 Å². The van der Waals surface area contributed by atoms with Gasteiger partial charge >= 0.3 is 18.6 Å². The predicted octanol–water partition coefficient (Wildman–Crippen LogP) is 3.52. The molecular weight excluding hydrogens is 318 g/mol. The van der Waals surface area contributed by atoms with Crippen LogP contribution >= 0.6 is 12.4 Å². The molecule has 0 saturated carbocycles. The van der Waals surface area contributed by atoms with Crippen LogP contribution in [-0.2, 0) is 4.74 Å². The number of cyclic esters (lactones) is 1. The molecule has 21 heavy (non-hydrogen) atoms. The molecular formula is C12H12ClF4NO3. The number of hydrogen-bond acceptors (Lipinski definition) is 3. The van der Waals surface area contributed by atoms with Gasteiger partial charge in [-0.25, -0.2) is 4.79 Å². The molecule has 0 aromatic heterocycles. The van der Waals surface area contributed by atoms with E-state index < -0.39 is 30.4 Å². The van der Waals surface area contributed by atoms with Crippen LogP contribution in [0.15, 0.2) is 24.3 Å². The van der Waals surface area contributed by atoms with Gasteiger partial charge < -0.3 is 14.8 Å². The summed E-state index contributed by atoms with van der Waals surface area (Å²) in [5, 5.41) is 2.41. The molecule has 1 heterocycles. The van der Waals surface area contributed by atoms with Gasteiger partial charge in [-0.05, 0) is 6.07 Å². The molecule has 1 atom stereocenters. The number of rotatable bonds is 4. The second-order valence-electron chi connectivity index (χ2n) is 4.12. The first-order valence-corrected chi connectivity index (χ1v) is 5.77. The van der Waals surface area contributed by atoms with E-state index in [4.69, 9.17) is 0 Å². The molecule has 0 unspecified atom stereocenters. The van der Waals surface area contributed by atoms with Crippen LogP contribution in [0, 0.1) is 0 Å². The molecule has 2 rings (SSSR count). The van der Waals surface area contributed by atoms with Crippen LogP contribution in [-0.4, -0.2) is 25.2 Å². The van der Waals surface area contributed by atoms with Gasteiger partial charge in [0.25, 0.3) is 0 Å². The van der Waals surface area contributed by atoms with Crippen LogP contribution in [0.5, 0.6) is 5.75 Å². The van der Waals surface area contributed by atoms with Gasteiger partial charge in [0.1, 0.15) is 5.75 Å². The van der Waals surface area contributed by atoms with Crippen LogP contribution < -0.4 is 10.1 Å². The van der Waals surface area contributed by atoms with Gasteiger partial charge in [-0.1, -0.05) is 18.2 Å². The van der Waals surface area contributed by atoms with E-state index in [1.165, 1.54) is 18.2 Å². The van der Waals surface area contributed by atoms with Crippen molar-refractivity contribution in [1.82, 2.24) is 5.32 Å². The number of carbonyl (C=O) groups excluding carboxylic acids is 1. The van der Waals surface area contributed by atoms with Gasteiger partial charge in [0.15, 0.2) is 0 Å². The van der Waals surface area contributed by atoms with E-state index in [0.29, 0.717) is 6.42 Å². The zero-order chi connectivity index (χ0) is 14.8. The van der Waals surface area contributed by atoms with E-state index in [1.807, 2.05) is 0 Å². The smallest absolute Gasteiger partial charge is 0.449 e. The lowest BCUT2D eigenvalue weighted by Crippen LogP contribution is -2.37. The van der Waals surface area contributed by atoms with Crippen molar-refractivity contribution >= 4 is 18.5 Å². The average molecular weight is 330 g/mol. The van der Waals surface area contributed by atoms with Crippen molar-refractivity contribution in [3.63, 3.8) is 0 Å². The molecule has 1 fully saturated rings. The number of amides is 1. The van der Waals surface area contributed by atoms with Gasteiger partial charge in [-0.15, -0.1) is 12.4 Å². The number of alkyl carbamates (subject to hydrolysis) is 1. The maximum absolute atomic E-state index is 13.0. The summed E-state index contributed by atoms with van der Waals surface area (Å²) in [5.74, 6) is -0.398. The fourth-order valence-corrected chi connectivity index (χ4v) is 1.81. The van der Waals surface area contributed by atoms with Crippen LogP contribution in [0.4, 0.5) is 22.4 Å². The van der Waals surface area contributed by atoms with Crippen LogP contribution in [0.3, 0.4) is 0 Å². The molecule has 0 aliphatic carbocycles. The lowest BCUT2D eigenvalue weighted by Gasteiger charge is -2.26. The molecule has 0 spiro atoms. The Morgan fingerprint density at radius 2 is 2.00 bits per heavy atom. The second-order valence-corrected chi connectivity index (χ2v) is 4.12. The van der Waals surface area contributed by atoms with E-state index in [2.05, 4.69) is 14.8 Å². The largest absolute Gasteiger partial charge is 0.461 e. The molecule has 0 radical (unpaired) electrons. The Bertz CT molecular complexity index is 501. The molecule has 1 saturated heterocycles. The number of halogens is 5. The molecule has 1 aromatic carbocycles. The van der Waals surface area contributed by atoms with Crippen molar-refractivity contribution in [2.45, 2.75) is 25.0 Å². The molecule has 9 heteroatoms. The molecule has 118 valence electrons. The maximum Gasteiger partial charge on any atom is 0.461 e. The number of benzene rings is 1. The molecule has 0 bridgehead atoms. The van der Waals surface area contributed by atoms with E-state index in [0.717, 1.165) is 6.07 Å². The van der Waals surface area contributed by atoms with Crippen molar-refractivity contribution in [2.75, 3.05) is 6.61 Å². The molecule has 1 amide bonds.